The van der Waals surface area contributed by atoms with Crippen molar-refractivity contribution in [2.24, 2.45) is 0 Å². The monoisotopic (exact) mass is 248 g/mol. The zero-order valence-electron chi connectivity index (χ0n) is 9.61. The van der Waals surface area contributed by atoms with Crippen molar-refractivity contribution < 1.29 is 4.74 Å². The van der Waals surface area contributed by atoms with Crippen LogP contribution in [0, 0.1) is 6.92 Å². The third-order valence-electron chi connectivity index (χ3n) is 3.21. The molecule has 2 aromatic heterocycles. The average Bonchev–Trinajstić information content (AvgIpc) is 2.53. The lowest BCUT2D eigenvalue weighted by Gasteiger charge is -2.29. The molecule has 88 valence electrons. The first-order valence-corrected chi connectivity index (χ1v) is 5.97. The first kappa shape index (κ1) is 10.8. The van der Waals surface area contributed by atoms with E-state index in [2.05, 4.69) is 29.1 Å². The molecule has 0 N–H and O–H groups in total. The summed E-state index contributed by atoms with van der Waals surface area (Å²) >= 11 is 6.05. The van der Waals surface area contributed by atoms with E-state index in [9.17, 15) is 0 Å². The van der Waals surface area contributed by atoms with Crippen LogP contribution in [-0.2, 0) is 4.74 Å². The van der Waals surface area contributed by atoms with Gasteiger partial charge in [-0.05, 0) is 24.6 Å². The van der Waals surface area contributed by atoms with E-state index >= 15 is 0 Å². The summed E-state index contributed by atoms with van der Waals surface area (Å²) in [6, 6.07) is 4.36. The van der Waals surface area contributed by atoms with Gasteiger partial charge in [-0.2, -0.15) is 0 Å². The number of fused-ring (bicyclic) bond motifs is 1. The van der Waals surface area contributed by atoms with Crippen molar-refractivity contribution in [1.82, 2.24) is 9.55 Å². The van der Waals surface area contributed by atoms with Crippen LogP contribution in [0.2, 0.25) is 5.15 Å². The maximum absolute atomic E-state index is 6.05. The second-order valence-electron chi connectivity index (χ2n) is 4.32. The molecule has 0 bridgehead atoms. The average molecular weight is 249 g/mol. The molecule has 0 saturated carbocycles. The van der Waals surface area contributed by atoms with Crippen molar-refractivity contribution in [3.05, 3.63) is 35.1 Å². The number of hydrogen-bond donors (Lipinski definition) is 0. The molecule has 0 atom stereocenters. The van der Waals surface area contributed by atoms with Gasteiger partial charge in [-0.1, -0.05) is 24.3 Å². The van der Waals surface area contributed by atoms with E-state index in [0.29, 0.717) is 11.2 Å². The van der Waals surface area contributed by atoms with Crippen LogP contribution in [0.5, 0.6) is 0 Å². The van der Waals surface area contributed by atoms with E-state index in [1.165, 1.54) is 5.69 Å². The number of aryl methyl sites for hydroxylation is 1. The van der Waals surface area contributed by atoms with E-state index in [4.69, 9.17) is 16.3 Å². The lowest BCUT2D eigenvalue weighted by molar-refractivity contribution is -0.0223. The Morgan fingerprint density at radius 2 is 2.29 bits per heavy atom. The van der Waals surface area contributed by atoms with Crippen LogP contribution in [0.1, 0.15) is 17.3 Å². The van der Waals surface area contributed by atoms with Crippen molar-refractivity contribution >= 4 is 28.7 Å². The Morgan fingerprint density at radius 1 is 1.53 bits per heavy atom. The number of pyridine rings is 1. The minimum atomic E-state index is 0.385. The van der Waals surface area contributed by atoms with Gasteiger partial charge in [0.05, 0.1) is 19.3 Å². The summed E-state index contributed by atoms with van der Waals surface area (Å²) in [5.74, 6) is 0. The van der Waals surface area contributed by atoms with E-state index in [1.807, 2.05) is 12.1 Å². The molecule has 0 unspecified atom stereocenters. The van der Waals surface area contributed by atoms with Crippen LogP contribution in [0.15, 0.2) is 18.7 Å². The molecule has 4 heteroatoms. The molecule has 0 spiro atoms. The quantitative estimate of drug-likeness (QED) is 0.763. The number of nitrogens with zero attached hydrogens (tertiary/aromatic N) is 2. The zero-order valence-corrected chi connectivity index (χ0v) is 10.4. The zero-order chi connectivity index (χ0) is 12.0. The molecule has 2 aromatic rings. The molecule has 1 aliphatic heterocycles. The van der Waals surface area contributed by atoms with Gasteiger partial charge in [0.15, 0.2) is 0 Å². The molecule has 1 fully saturated rings. The third-order valence-corrected chi connectivity index (χ3v) is 3.40. The maximum Gasteiger partial charge on any atom is 0.142 e. The van der Waals surface area contributed by atoms with E-state index < -0.39 is 0 Å². The van der Waals surface area contributed by atoms with Crippen LogP contribution < -0.4 is 0 Å². The van der Waals surface area contributed by atoms with Gasteiger partial charge in [0.1, 0.15) is 10.8 Å². The molecule has 0 radical (unpaired) electrons. The standard InChI is InChI=1S/C13H13ClN2O/c1-3-9-5-12(14)15-13-11(9)4-8(2)16(13)10-6-17-7-10/h3-5,10H,1,6-7H2,2H3. The van der Waals surface area contributed by atoms with Gasteiger partial charge in [-0.15, -0.1) is 0 Å². The first-order valence-electron chi connectivity index (χ1n) is 5.59. The van der Waals surface area contributed by atoms with Crippen molar-refractivity contribution in [2.45, 2.75) is 13.0 Å². The summed E-state index contributed by atoms with van der Waals surface area (Å²) in [5.41, 5.74) is 3.14. The van der Waals surface area contributed by atoms with Crippen LogP contribution in [0.25, 0.3) is 17.1 Å². The largest absolute Gasteiger partial charge is 0.377 e. The molecule has 3 heterocycles. The van der Waals surface area contributed by atoms with Crippen molar-refractivity contribution in [3.8, 4) is 0 Å². The van der Waals surface area contributed by atoms with Crippen molar-refractivity contribution in [3.63, 3.8) is 0 Å². The summed E-state index contributed by atoms with van der Waals surface area (Å²) in [4.78, 5) is 4.43. The Balaban J connectivity index is 2.31. The summed E-state index contributed by atoms with van der Waals surface area (Å²) in [6.45, 7) is 7.41. The Kier molecular flexibility index (Phi) is 2.45. The Labute approximate surface area is 105 Å². The van der Waals surface area contributed by atoms with Gasteiger partial charge in [0.25, 0.3) is 0 Å². The van der Waals surface area contributed by atoms with Gasteiger partial charge in [0.2, 0.25) is 0 Å². The second-order valence-corrected chi connectivity index (χ2v) is 4.71. The van der Waals surface area contributed by atoms with Crippen LogP contribution in [0.4, 0.5) is 0 Å². The minimum absolute atomic E-state index is 0.385. The van der Waals surface area contributed by atoms with Crippen LogP contribution in [0.3, 0.4) is 0 Å². The molecule has 3 nitrogen and oxygen atoms in total. The maximum atomic E-state index is 6.05. The Morgan fingerprint density at radius 3 is 2.88 bits per heavy atom. The summed E-state index contributed by atoms with van der Waals surface area (Å²) in [5, 5.41) is 1.61. The topological polar surface area (TPSA) is 27.1 Å². The van der Waals surface area contributed by atoms with Gasteiger partial charge in [0, 0.05) is 11.1 Å². The van der Waals surface area contributed by atoms with E-state index in [-0.39, 0.29) is 0 Å². The molecule has 3 rings (SSSR count). The third kappa shape index (κ3) is 1.58. The summed E-state index contributed by atoms with van der Waals surface area (Å²) in [7, 11) is 0. The fraction of sp³-hybridized carbons (Fsp3) is 0.308. The number of aromatic nitrogens is 2. The molecule has 1 saturated heterocycles. The van der Waals surface area contributed by atoms with Gasteiger partial charge in [-0.25, -0.2) is 4.98 Å². The second kappa shape index (κ2) is 3.86. The molecule has 0 aliphatic carbocycles. The lowest BCUT2D eigenvalue weighted by atomic mass is 10.2. The smallest absolute Gasteiger partial charge is 0.142 e. The highest BCUT2D eigenvalue weighted by Gasteiger charge is 2.24. The fourth-order valence-corrected chi connectivity index (χ4v) is 2.51. The first-order chi connectivity index (χ1) is 8.20. The van der Waals surface area contributed by atoms with E-state index in [1.54, 1.807) is 0 Å². The highest BCUT2D eigenvalue weighted by Crippen LogP contribution is 2.30. The minimum Gasteiger partial charge on any atom is -0.377 e. The van der Waals surface area contributed by atoms with Gasteiger partial charge < -0.3 is 9.30 Å². The normalized spacial score (nSPS) is 16.1. The lowest BCUT2D eigenvalue weighted by Crippen LogP contribution is -2.31. The van der Waals surface area contributed by atoms with Crippen LogP contribution >= 0.6 is 11.6 Å². The van der Waals surface area contributed by atoms with Crippen molar-refractivity contribution in [1.29, 1.82) is 0 Å². The van der Waals surface area contributed by atoms with Gasteiger partial charge in [-0.3, -0.25) is 0 Å². The number of rotatable bonds is 2. The van der Waals surface area contributed by atoms with E-state index in [0.717, 1.165) is 29.8 Å². The summed E-state index contributed by atoms with van der Waals surface area (Å²) in [6.07, 6.45) is 1.82. The molecular formula is C13H13ClN2O. The number of halogens is 1. The molecular weight excluding hydrogens is 236 g/mol. The SMILES string of the molecule is C=Cc1cc(Cl)nc2c1cc(C)n2C1COC1. The molecule has 0 aromatic carbocycles. The fourth-order valence-electron chi connectivity index (χ4n) is 2.31. The number of ether oxygens (including phenoxy) is 1. The highest BCUT2D eigenvalue weighted by atomic mass is 35.5. The Bertz CT molecular complexity index is 599. The molecule has 17 heavy (non-hydrogen) atoms. The van der Waals surface area contributed by atoms with Crippen LogP contribution in [-0.4, -0.2) is 22.8 Å². The van der Waals surface area contributed by atoms with Gasteiger partial charge >= 0.3 is 0 Å². The molecule has 1 aliphatic rings. The predicted octanol–water partition coefficient (Wildman–Crippen LogP) is 3.21. The summed E-state index contributed by atoms with van der Waals surface area (Å²) < 4.78 is 7.45. The highest BCUT2D eigenvalue weighted by molar-refractivity contribution is 6.30. The Hall–Kier alpha value is -1.32. The van der Waals surface area contributed by atoms with Crippen molar-refractivity contribution in [2.75, 3.05) is 13.2 Å². The molecule has 0 amide bonds. The number of hydrogen-bond acceptors (Lipinski definition) is 2. The predicted molar refractivity (Wildman–Crippen MR) is 69.4 cm³/mol.